The van der Waals surface area contributed by atoms with Gasteiger partial charge in [0.05, 0.1) is 0 Å². The molecule has 0 spiro atoms. The molecule has 0 aliphatic heterocycles. The van der Waals surface area contributed by atoms with Crippen LogP contribution in [0.4, 0.5) is 0 Å². The Morgan fingerprint density at radius 2 is 1.03 bits per heavy atom. The van der Waals surface area contributed by atoms with Gasteiger partial charge < -0.3 is 0 Å². The van der Waals surface area contributed by atoms with E-state index in [0.717, 1.165) is 0 Å². The van der Waals surface area contributed by atoms with Crippen LogP contribution in [0.3, 0.4) is 0 Å². The second kappa shape index (κ2) is 8.70. The van der Waals surface area contributed by atoms with Crippen molar-refractivity contribution < 1.29 is 15.0 Å². The van der Waals surface area contributed by atoms with E-state index in [2.05, 4.69) is 115 Å². The van der Waals surface area contributed by atoms with Crippen LogP contribution in [0.1, 0.15) is 65.6 Å². The van der Waals surface area contributed by atoms with Gasteiger partial charge in [-0.1, -0.05) is 0 Å². The third kappa shape index (κ3) is 3.78. The number of halogens is 2. The Hall–Kier alpha value is -1.18. The summed E-state index contributed by atoms with van der Waals surface area (Å²) in [5.41, 5.74) is 12.0. The summed E-state index contributed by atoms with van der Waals surface area (Å²) < 4.78 is 0.211. The van der Waals surface area contributed by atoms with Crippen LogP contribution in [0.2, 0.25) is 6.55 Å². The maximum atomic E-state index is 8.46. The van der Waals surface area contributed by atoms with Crippen molar-refractivity contribution in [1.29, 1.82) is 0 Å². The fraction of sp³-hybridized carbons (Fsp3) is 0.290. The molecule has 0 fully saturated rings. The fourth-order valence-corrected chi connectivity index (χ4v) is 45.0. The van der Waals surface area contributed by atoms with Gasteiger partial charge in [-0.15, -0.1) is 0 Å². The van der Waals surface area contributed by atoms with Crippen molar-refractivity contribution >= 4 is 39.8 Å². The zero-order valence-electron chi connectivity index (χ0n) is 21.8. The molecule has 0 N–H and O–H groups in total. The van der Waals surface area contributed by atoms with Gasteiger partial charge in [0.2, 0.25) is 0 Å². The summed E-state index contributed by atoms with van der Waals surface area (Å²) >= 11 is -4.81. The number of hydrogen-bond donors (Lipinski definition) is 0. The van der Waals surface area contributed by atoms with Crippen LogP contribution >= 0.6 is 17.0 Å². The van der Waals surface area contributed by atoms with E-state index in [1.165, 1.54) is 60.8 Å². The minimum atomic E-state index is -4.81. The summed E-state index contributed by atoms with van der Waals surface area (Å²) in [6, 6.07) is 20.3. The Labute approximate surface area is 218 Å². The minimum absolute atomic E-state index is 0.106. The van der Waals surface area contributed by atoms with Crippen LogP contribution in [0.5, 0.6) is 0 Å². The maximum absolute atomic E-state index is 8.46. The van der Waals surface area contributed by atoms with E-state index in [0.29, 0.717) is 0 Å². The summed E-state index contributed by atoms with van der Waals surface area (Å²) in [7, 11) is 16.9. The second-order valence-electron chi connectivity index (χ2n) is 10.9. The Bertz CT molecular complexity index is 1430. The molecular formula is C31H34Cl2SiZr. The van der Waals surface area contributed by atoms with Gasteiger partial charge in [0.25, 0.3) is 0 Å². The van der Waals surface area contributed by atoms with E-state index in [9.17, 15) is 0 Å². The molecular weight excluding hydrogens is 563 g/mol. The molecule has 0 nitrogen and oxygen atoms in total. The van der Waals surface area contributed by atoms with Crippen molar-refractivity contribution in [1.82, 2.24) is 0 Å². The molecule has 2 aliphatic carbocycles. The summed E-state index contributed by atoms with van der Waals surface area (Å²) in [5, 5.41) is 1.35. The van der Waals surface area contributed by atoms with Crippen LogP contribution in [-0.4, -0.2) is 5.43 Å². The Morgan fingerprint density at radius 1 is 0.629 bits per heavy atom. The van der Waals surface area contributed by atoms with E-state index < -0.39 is 20.4 Å². The molecule has 5 rings (SSSR count). The van der Waals surface area contributed by atoms with Crippen molar-refractivity contribution in [3.8, 4) is 0 Å². The number of allylic oxidation sites excluding steroid dienone is 2. The predicted molar refractivity (Wildman–Crippen MR) is 154 cm³/mol. The molecule has 180 valence electrons. The van der Waals surface area contributed by atoms with Gasteiger partial charge in [-0.3, -0.25) is 0 Å². The number of rotatable bonds is 3. The van der Waals surface area contributed by atoms with Crippen molar-refractivity contribution in [3.63, 3.8) is 0 Å². The first kappa shape index (κ1) is 25.5. The molecule has 0 radical (unpaired) electrons. The molecule has 0 heterocycles. The first-order valence-corrected chi connectivity index (χ1v) is 27.3. The fourth-order valence-electron chi connectivity index (χ4n) is 6.59. The first-order chi connectivity index (χ1) is 16.4. The molecule has 2 atom stereocenters. The molecule has 35 heavy (non-hydrogen) atoms. The first-order valence-electron chi connectivity index (χ1n) is 12.5. The molecule has 0 bridgehead atoms. The van der Waals surface area contributed by atoms with Gasteiger partial charge in [0.15, 0.2) is 0 Å². The van der Waals surface area contributed by atoms with Crippen LogP contribution in [0.15, 0.2) is 65.7 Å². The molecule has 0 saturated heterocycles. The van der Waals surface area contributed by atoms with Gasteiger partial charge in [0, 0.05) is 0 Å². The second-order valence-corrected chi connectivity index (χ2v) is 47.7. The van der Waals surface area contributed by atoms with Crippen molar-refractivity contribution in [3.05, 3.63) is 110 Å². The van der Waals surface area contributed by atoms with Crippen LogP contribution in [0.25, 0.3) is 12.2 Å². The summed E-state index contributed by atoms with van der Waals surface area (Å²) in [4.78, 5) is 0. The molecule has 0 saturated carbocycles. The van der Waals surface area contributed by atoms with Crippen LogP contribution in [-0.2, 0) is 15.0 Å². The van der Waals surface area contributed by atoms with Crippen molar-refractivity contribution in [2.75, 3.05) is 0 Å². The van der Waals surface area contributed by atoms with E-state index in [1.807, 2.05) is 0 Å². The number of hydrogen-bond acceptors (Lipinski definition) is 0. The Morgan fingerprint density at radius 3 is 1.46 bits per heavy atom. The predicted octanol–water partition coefficient (Wildman–Crippen LogP) is 9.06. The van der Waals surface area contributed by atoms with E-state index in [-0.39, 0.29) is 7.25 Å². The number of benzene rings is 3. The molecule has 0 aromatic heterocycles. The van der Waals surface area contributed by atoms with Gasteiger partial charge in [-0.25, -0.2) is 0 Å². The monoisotopic (exact) mass is 594 g/mol. The number of fused-ring (bicyclic) bond motifs is 2. The average Bonchev–Trinajstić information content (AvgIpc) is 3.30. The SMILES string of the molecule is CC1=Cc2cc(C)c(C)cc2[CH]1[Zr]([Cl])([Cl])([CH]1C(C)=Cc2cc(C)c(C)cc21)=[Si](C)c1ccccc1. The normalized spacial score (nSPS) is 19.3. The topological polar surface area (TPSA) is 0 Å². The summed E-state index contributed by atoms with van der Waals surface area (Å²) in [6.07, 6.45) is 4.72. The van der Waals surface area contributed by atoms with E-state index in [4.69, 9.17) is 17.0 Å². The van der Waals surface area contributed by atoms with Crippen molar-refractivity contribution in [2.45, 2.75) is 55.3 Å². The van der Waals surface area contributed by atoms with Gasteiger partial charge in [-0.05, 0) is 0 Å². The van der Waals surface area contributed by atoms with E-state index in [1.54, 1.807) is 0 Å². The average molecular weight is 597 g/mol. The van der Waals surface area contributed by atoms with Crippen molar-refractivity contribution in [2.24, 2.45) is 0 Å². The Kier molecular flexibility index (Phi) is 6.33. The van der Waals surface area contributed by atoms with Crippen LogP contribution < -0.4 is 5.19 Å². The van der Waals surface area contributed by atoms with Crippen LogP contribution in [0, 0.1) is 27.7 Å². The number of aryl methyl sites for hydroxylation is 4. The standard InChI is InChI=1S/2C12H13.C7H8Si.2ClH.Zr/c2*1-8-4-11-6-9(2)10(3)7-12(11)5-8;1-8-7-5-3-2-4-6-7;;;/h2*4-7H,1-3H3;2-6H,1H3;2*1H;/q;;;;;+2/p-2. The molecule has 3 aromatic rings. The van der Waals surface area contributed by atoms with Gasteiger partial charge >= 0.3 is 220 Å². The molecule has 2 unspecified atom stereocenters. The zero-order chi connectivity index (χ0) is 25.3. The summed E-state index contributed by atoms with van der Waals surface area (Å²) in [5.74, 6) is 0. The van der Waals surface area contributed by atoms with Gasteiger partial charge in [-0.2, -0.15) is 0 Å². The third-order valence-electron chi connectivity index (χ3n) is 8.68. The molecule has 3 aromatic carbocycles. The quantitative estimate of drug-likeness (QED) is 0.265. The van der Waals surface area contributed by atoms with E-state index >= 15 is 0 Å². The Balaban J connectivity index is 1.92. The molecule has 0 amide bonds. The molecule has 4 heteroatoms. The van der Waals surface area contributed by atoms with Gasteiger partial charge in [0.1, 0.15) is 0 Å². The third-order valence-corrected chi connectivity index (χ3v) is 51.6. The zero-order valence-corrected chi connectivity index (χ0v) is 26.7. The summed E-state index contributed by atoms with van der Waals surface area (Å²) in [6.45, 7) is 15.8. The molecule has 2 aliphatic rings.